The maximum Gasteiger partial charge on any atom is 0.411 e. The fourth-order valence-corrected chi connectivity index (χ4v) is 2.04. The Hall–Kier alpha value is -2.17. The SMILES string of the molecule is CCOC(=O)Nc1c(F)cc(CC(O)NC(C)(C)C)cc1C#N. The molecule has 0 aliphatic carbocycles. The average molecular weight is 323 g/mol. The van der Waals surface area contributed by atoms with Gasteiger partial charge in [0.05, 0.1) is 17.9 Å². The largest absolute Gasteiger partial charge is 0.450 e. The molecule has 23 heavy (non-hydrogen) atoms. The minimum atomic E-state index is -0.884. The number of nitrogens with one attached hydrogen (secondary N) is 2. The molecule has 0 saturated heterocycles. The number of hydrogen-bond acceptors (Lipinski definition) is 5. The second-order valence-corrected chi connectivity index (χ2v) is 6.07. The molecule has 126 valence electrons. The second-order valence-electron chi connectivity index (χ2n) is 6.07. The highest BCUT2D eigenvalue weighted by molar-refractivity contribution is 5.86. The lowest BCUT2D eigenvalue weighted by molar-refractivity contribution is 0.106. The van der Waals surface area contributed by atoms with E-state index in [-0.39, 0.29) is 29.8 Å². The van der Waals surface area contributed by atoms with Gasteiger partial charge >= 0.3 is 6.09 Å². The molecule has 0 aliphatic heterocycles. The number of anilines is 1. The van der Waals surface area contributed by atoms with Gasteiger partial charge in [0.15, 0.2) is 0 Å². The van der Waals surface area contributed by atoms with Crippen LogP contribution in [0.1, 0.15) is 38.8 Å². The highest BCUT2D eigenvalue weighted by atomic mass is 19.1. The van der Waals surface area contributed by atoms with Gasteiger partial charge < -0.3 is 9.84 Å². The molecule has 1 rings (SSSR count). The number of carbonyl (C=O) groups excluding carboxylic acids is 1. The van der Waals surface area contributed by atoms with Crippen molar-refractivity contribution in [3.05, 3.63) is 29.1 Å². The summed E-state index contributed by atoms with van der Waals surface area (Å²) in [6.07, 6.45) is -1.59. The van der Waals surface area contributed by atoms with E-state index in [0.717, 1.165) is 0 Å². The Bertz CT molecular complexity index is 606. The Morgan fingerprint density at radius 3 is 2.65 bits per heavy atom. The van der Waals surface area contributed by atoms with E-state index in [1.165, 1.54) is 12.1 Å². The van der Waals surface area contributed by atoms with Crippen LogP contribution in [0.25, 0.3) is 0 Å². The van der Waals surface area contributed by atoms with Gasteiger partial charge in [-0.15, -0.1) is 0 Å². The number of carbonyl (C=O) groups is 1. The van der Waals surface area contributed by atoms with E-state index < -0.39 is 18.1 Å². The average Bonchev–Trinajstić information content (AvgIpc) is 2.39. The van der Waals surface area contributed by atoms with E-state index in [4.69, 9.17) is 5.26 Å². The van der Waals surface area contributed by atoms with Crippen LogP contribution < -0.4 is 10.6 Å². The molecule has 0 bridgehead atoms. The molecule has 1 aromatic rings. The fraction of sp³-hybridized carbons (Fsp3) is 0.500. The monoisotopic (exact) mass is 323 g/mol. The summed E-state index contributed by atoms with van der Waals surface area (Å²) >= 11 is 0. The summed E-state index contributed by atoms with van der Waals surface area (Å²) in [5.41, 5.74) is -0.122. The van der Waals surface area contributed by atoms with Crippen LogP contribution >= 0.6 is 0 Å². The topological polar surface area (TPSA) is 94.4 Å². The molecule has 0 aliphatic rings. The summed E-state index contributed by atoms with van der Waals surface area (Å²) in [7, 11) is 0. The molecule has 7 heteroatoms. The zero-order valence-electron chi connectivity index (χ0n) is 13.7. The number of nitrogens with zero attached hydrogens (tertiary/aromatic N) is 1. The molecule has 1 atom stereocenters. The smallest absolute Gasteiger partial charge is 0.411 e. The Balaban J connectivity index is 2.96. The van der Waals surface area contributed by atoms with Crippen LogP contribution in [0.15, 0.2) is 12.1 Å². The molecule has 3 N–H and O–H groups in total. The van der Waals surface area contributed by atoms with Crippen LogP contribution in [0.4, 0.5) is 14.9 Å². The molecule has 0 aromatic heterocycles. The third-order valence-corrected chi connectivity index (χ3v) is 2.80. The number of halogens is 1. The predicted molar refractivity (Wildman–Crippen MR) is 84.4 cm³/mol. The molecule has 0 fully saturated rings. The number of hydrogen-bond donors (Lipinski definition) is 3. The van der Waals surface area contributed by atoms with E-state index in [1.54, 1.807) is 6.92 Å². The first-order chi connectivity index (χ1) is 10.7. The van der Waals surface area contributed by atoms with Crippen molar-refractivity contribution in [3.8, 4) is 6.07 Å². The highest BCUT2D eigenvalue weighted by Gasteiger charge is 2.18. The molecule has 0 heterocycles. The lowest BCUT2D eigenvalue weighted by Gasteiger charge is -2.25. The minimum absolute atomic E-state index is 0.0315. The van der Waals surface area contributed by atoms with E-state index in [9.17, 15) is 14.3 Å². The summed E-state index contributed by atoms with van der Waals surface area (Å²) < 4.78 is 18.8. The molecule has 1 amide bonds. The number of amides is 1. The van der Waals surface area contributed by atoms with Crippen LogP contribution in [0, 0.1) is 17.1 Å². The maximum absolute atomic E-state index is 14.2. The number of benzene rings is 1. The first kappa shape index (κ1) is 18.9. The van der Waals surface area contributed by atoms with Crippen molar-refractivity contribution in [2.24, 2.45) is 0 Å². The van der Waals surface area contributed by atoms with Crippen LogP contribution in [0.5, 0.6) is 0 Å². The number of aliphatic hydroxyl groups is 1. The van der Waals surface area contributed by atoms with Crippen molar-refractivity contribution in [2.45, 2.75) is 45.9 Å². The van der Waals surface area contributed by atoms with Crippen molar-refractivity contribution < 1.29 is 19.0 Å². The van der Waals surface area contributed by atoms with Crippen LogP contribution in [0.2, 0.25) is 0 Å². The van der Waals surface area contributed by atoms with Crippen LogP contribution in [-0.4, -0.2) is 29.6 Å². The van der Waals surface area contributed by atoms with Gasteiger partial charge in [-0.1, -0.05) is 0 Å². The van der Waals surface area contributed by atoms with Gasteiger partial charge in [-0.05, 0) is 45.4 Å². The Morgan fingerprint density at radius 1 is 1.48 bits per heavy atom. The van der Waals surface area contributed by atoms with E-state index >= 15 is 0 Å². The second kappa shape index (κ2) is 7.90. The fourth-order valence-electron chi connectivity index (χ4n) is 2.04. The van der Waals surface area contributed by atoms with Crippen molar-refractivity contribution in [1.82, 2.24) is 5.32 Å². The van der Waals surface area contributed by atoms with E-state index in [1.807, 2.05) is 26.8 Å². The molecule has 0 radical (unpaired) electrons. The summed E-state index contributed by atoms with van der Waals surface area (Å²) in [5.74, 6) is -0.755. The van der Waals surface area contributed by atoms with E-state index in [0.29, 0.717) is 5.56 Å². The lowest BCUT2D eigenvalue weighted by Crippen LogP contribution is -2.44. The third-order valence-electron chi connectivity index (χ3n) is 2.80. The standard InChI is InChI=1S/C16H22FN3O3/c1-5-23-15(22)19-14-11(9-18)6-10(7-12(14)17)8-13(21)20-16(2,3)4/h6-7,13,20-21H,5,8H2,1-4H3,(H,19,22). The number of nitriles is 1. The summed E-state index contributed by atoms with van der Waals surface area (Å²) in [5, 5.41) is 24.3. The first-order valence-corrected chi connectivity index (χ1v) is 7.28. The third kappa shape index (κ3) is 6.22. The quantitative estimate of drug-likeness (QED) is 0.724. The predicted octanol–water partition coefficient (Wildman–Crippen LogP) is 2.51. The number of ether oxygens (including phenoxy) is 1. The van der Waals surface area contributed by atoms with Gasteiger partial charge in [-0.25, -0.2) is 9.18 Å². The van der Waals surface area contributed by atoms with Crippen molar-refractivity contribution >= 4 is 11.8 Å². The molecule has 0 spiro atoms. The van der Waals surface area contributed by atoms with Gasteiger partial charge in [0.1, 0.15) is 18.1 Å². The normalized spacial score (nSPS) is 12.4. The van der Waals surface area contributed by atoms with Crippen LogP contribution in [-0.2, 0) is 11.2 Å². The van der Waals surface area contributed by atoms with Crippen molar-refractivity contribution in [1.29, 1.82) is 5.26 Å². The minimum Gasteiger partial charge on any atom is -0.450 e. The summed E-state index contributed by atoms with van der Waals surface area (Å²) in [6.45, 7) is 7.43. The van der Waals surface area contributed by atoms with Crippen molar-refractivity contribution in [3.63, 3.8) is 0 Å². The number of aliphatic hydroxyl groups excluding tert-OH is 1. The summed E-state index contributed by atoms with van der Waals surface area (Å²) in [6, 6.07) is 4.44. The van der Waals surface area contributed by atoms with Gasteiger partial charge in [0, 0.05) is 12.0 Å². The molecular formula is C16H22FN3O3. The summed E-state index contributed by atoms with van der Waals surface area (Å²) in [4.78, 5) is 11.4. The van der Waals surface area contributed by atoms with E-state index in [2.05, 4.69) is 15.4 Å². The molecular weight excluding hydrogens is 301 g/mol. The zero-order chi connectivity index (χ0) is 17.6. The van der Waals surface area contributed by atoms with Gasteiger partial charge in [0.2, 0.25) is 0 Å². The number of rotatable bonds is 5. The van der Waals surface area contributed by atoms with Crippen LogP contribution in [0.3, 0.4) is 0 Å². The first-order valence-electron chi connectivity index (χ1n) is 7.28. The van der Waals surface area contributed by atoms with Gasteiger partial charge in [0.25, 0.3) is 0 Å². The van der Waals surface area contributed by atoms with Crippen molar-refractivity contribution in [2.75, 3.05) is 11.9 Å². The zero-order valence-corrected chi connectivity index (χ0v) is 13.7. The molecule has 1 aromatic carbocycles. The molecule has 1 unspecified atom stereocenters. The Morgan fingerprint density at radius 2 is 2.13 bits per heavy atom. The Labute approximate surface area is 135 Å². The highest BCUT2D eigenvalue weighted by Crippen LogP contribution is 2.23. The lowest BCUT2D eigenvalue weighted by atomic mass is 10.0. The maximum atomic E-state index is 14.2. The van der Waals surface area contributed by atoms with Gasteiger partial charge in [-0.3, -0.25) is 10.6 Å². The molecule has 6 nitrogen and oxygen atoms in total. The molecule has 0 saturated carbocycles. The van der Waals surface area contributed by atoms with Gasteiger partial charge in [-0.2, -0.15) is 5.26 Å². The Kier molecular flexibility index (Phi) is 6.49.